The SMILES string of the molecule is CCOC(=O)Cc1cc(Cl)c(F)cc1OC(F)F. The Hall–Kier alpha value is -1.43. The van der Waals surface area contributed by atoms with Crippen molar-refractivity contribution in [2.45, 2.75) is 20.0 Å². The molecule has 18 heavy (non-hydrogen) atoms. The summed E-state index contributed by atoms with van der Waals surface area (Å²) in [4.78, 5) is 11.2. The fourth-order valence-electron chi connectivity index (χ4n) is 1.28. The van der Waals surface area contributed by atoms with Gasteiger partial charge in [-0.1, -0.05) is 11.6 Å². The van der Waals surface area contributed by atoms with Crippen molar-refractivity contribution in [3.05, 3.63) is 28.5 Å². The maximum atomic E-state index is 13.1. The van der Waals surface area contributed by atoms with Crippen LogP contribution >= 0.6 is 11.6 Å². The third-order valence-corrected chi connectivity index (χ3v) is 2.25. The maximum absolute atomic E-state index is 13.1. The molecule has 1 aromatic rings. The second-order valence-corrected chi connectivity index (χ2v) is 3.64. The predicted molar refractivity (Wildman–Crippen MR) is 58.4 cm³/mol. The van der Waals surface area contributed by atoms with E-state index >= 15 is 0 Å². The molecule has 3 nitrogen and oxygen atoms in total. The van der Waals surface area contributed by atoms with Gasteiger partial charge in [0.2, 0.25) is 0 Å². The van der Waals surface area contributed by atoms with E-state index in [4.69, 9.17) is 11.6 Å². The number of ether oxygens (including phenoxy) is 2. The van der Waals surface area contributed by atoms with Crippen molar-refractivity contribution in [1.29, 1.82) is 0 Å². The number of hydrogen-bond acceptors (Lipinski definition) is 3. The highest BCUT2D eigenvalue weighted by atomic mass is 35.5. The van der Waals surface area contributed by atoms with Crippen LogP contribution in [0.4, 0.5) is 13.2 Å². The fraction of sp³-hybridized carbons (Fsp3) is 0.364. The molecule has 0 N–H and O–H groups in total. The summed E-state index contributed by atoms with van der Waals surface area (Å²) in [5, 5.41) is -0.282. The number of carbonyl (C=O) groups excluding carboxylic acids is 1. The number of esters is 1. The van der Waals surface area contributed by atoms with Crippen molar-refractivity contribution in [2.75, 3.05) is 6.61 Å². The summed E-state index contributed by atoms with van der Waals surface area (Å²) in [6.45, 7) is -1.36. The average Bonchev–Trinajstić information content (AvgIpc) is 2.25. The van der Waals surface area contributed by atoms with Crippen LogP contribution in [0.15, 0.2) is 12.1 Å². The quantitative estimate of drug-likeness (QED) is 0.778. The number of benzene rings is 1. The second kappa shape index (κ2) is 6.49. The molecular formula is C11H10ClF3O3. The van der Waals surface area contributed by atoms with Gasteiger partial charge in [0.15, 0.2) is 0 Å². The van der Waals surface area contributed by atoms with E-state index < -0.39 is 24.1 Å². The number of carbonyl (C=O) groups is 1. The number of halogens is 4. The molecule has 0 unspecified atom stereocenters. The van der Waals surface area contributed by atoms with E-state index in [1.165, 1.54) is 0 Å². The Balaban J connectivity index is 2.99. The first-order valence-electron chi connectivity index (χ1n) is 5.02. The van der Waals surface area contributed by atoms with E-state index in [9.17, 15) is 18.0 Å². The lowest BCUT2D eigenvalue weighted by Gasteiger charge is -2.11. The van der Waals surface area contributed by atoms with Gasteiger partial charge in [0.25, 0.3) is 0 Å². The summed E-state index contributed by atoms with van der Waals surface area (Å²) in [5.41, 5.74) is 0.0418. The minimum absolute atomic E-state index is 0.0418. The van der Waals surface area contributed by atoms with Crippen molar-refractivity contribution in [2.24, 2.45) is 0 Å². The van der Waals surface area contributed by atoms with Gasteiger partial charge in [-0.15, -0.1) is 0 Å². The molecule has 1 aromatic carbocycles. The summed E-state index contributed by atoms with van der Waals surface area (Å²) in [6.07, 6.45) is -0.324. The highest BCUT2D eigenvalue weighted by molar-refractivity contribution is 6.30. The lowest BCUT2D eigenvalue weighted by molar-refractivity contribution is -0.142. The smallest absolute Gasteiger partial charge is 0.387 e. The molecule has 0 atom stereocenters. The summed E-state index contributed by atoms with van der Waals surface area (Å²) in [5.74, 6) is -1.97. The standard InChI is InChI=1S/C11H10ClF3O3/c1-2-17-10(16)4-6-3-7(12)8(13)5-9(6)18-11(14)15/h3,5,11H,2,4H2,1H3. The maximum Gasteiger partial charge on any atom is 0.387 e. The molecule has 1 rings (SSSR count). The molecular weight excluding hydrogens is 273 g/mol. The van der Waals surface area contributed by atoms with E-state index in [0.717, 1.165) is 6.07 Å². The Morgan fingerprint density at radius 3 is 2.67 bits per heavy atom. The van der Waals surface area contributed by atoms with Gasteiger partial charge in [-0.2, -0.15) is 8.78 Å². The fourth-order valence-corrected chi connectivity index (χ4v) is 1.47. The number of alkyl halides is 2. The molecule has 0 aliphatic carbocycles. The first-order chi connectivity index (χ1) is 8.43. The van der Waals surface area contributed by atoms with Crippen LogP contribution in [0.25, 0.3) is 0 Å². The Morgan fingerprint density at radius 1 is 1.44 bits per heavy atom. The first kappa shape index (κ1) is 14.6. The Morgan fingerprint density at radius 2 is 2.11 bits per heavy atom. The van der Waals surface area contributed by atoms with Crippen molar-refractivity contribution in [3.63, 3.8) is 0 Å². The van der Waals surface area contributed by atoms with Crippen molar-refractivity contribution in [1.82, 2.24) is 0 Å². The zero-order valence-corrected chi connectivity index (χ0v) is 10.1. The van der Waals surface area contributed by atoms with E-state index in [0.29, 0.717) is 6.07 Å². The third-order valence-electron chi connectivity index (χ3n) is 1.96. The van der Waals surface area contributed by atoms with Crippen LogP contribution in [0.3, 0.4) is 0 Å². The zero-order chi connectivity index (χ0) is 13.7. The second-order valence-electron chi connectivity index (χ2n) is 3.23. The van der Waals surface area contributed by atoms with Crippen molar-refractivity contribution < 1.29 is 27.4 Å². The predicted octanol–water partition coefficient (Wildman–Crippen LogP) is 3.19. The van der Waals surface area contributed by atoms with Crippen LogP contribution in [-0.4, -0.2) is 19.2 Å². The van der Waals surface area contributed by atoms with Crippen LogP contribution in [0, 0.1) is 5.82 Å². The highest BCUT2D eigenvalue weighted by Crippen LogP contribution is 2.28. The first-order valence-corrected chi connectivity index (χ1v) is 5.40. The molecule has 0 spiro atoms. The highest BCUT2D eigenvalue weighted by Gasteiger charge is 2.16. The topological polar surface area (TPSA) is 35.5 Å². The van der Waals surface area contributed by atoms with Crippen LogP contribution in [0.1, 0.15) is 12.5 Å². The van der Waals surface area contributed by atoms with Crippen LogP contribution in [0.5, 0.6) is 5.75 Å². The lowest BCUT2D eigenvalue weighted by atomic mass is 10.1. The molecule has 0 aliphatic rings. The minimum atomic E-state index is -3.12. The third kappa shape index (κ3) is 4.10. The molecule has 0 bridgehead atoms. The van der Waals surface area contributed by atoms with Gasteiger partial charge in [-0.3, -0.25) is 4.79 Å². The Kier molecular flexibility index (Phi) is 5.27. The van der Waals surface area contributed by atoms with Crippen LogP contribution < -0.4 is 4.74 Å². The van der Waals surface area contributed by atoms with E-state index in [-0.39, 0.29) is 23.6 Å². The molecule has 0 amide bonds. The zero-order valence-electron chi connectivity index (χ0n) is 9.38. The molecule has 0 saturated heterocycles. The van der Waals surface area contributed by atoms with E-state index in [1.807, 2.05) is 0 Å². The molecule has 7 heteroatoms. The Labute approximate surface area is 106 Å². The lowest BCUT2D eigenvalue weighted by Crippen LogP contribution is -2.11. The van der Waals surface area contributed by atoms with Gasteiger partial charge in [0.1, 0.15) is 11.6 Å². The van der Waals surface area contributed by atoms with Crippen LogP contribution in [-0.2, 0) is 16.0 Å². The van der Waals surface area contributed by atoms with E-state index in [2.05, 4.69) is 9.47 Å². The van der Waals surface area contributed by atoms with Gasteiger partial charge in [0.05, 0.1) is 18.1 Å². The largest absolute Gasteiger partial charge is 0.466 e. The molecule has 0 radical (unpaired) electrons. The average molecular weight is 283 g/mol. The summed E-state index contributed by atoms with van der Waals surface area (Å²) in [7, 11) is 0. The molecule has 0 saturated carbocycles. The monoisotopic (exact) mass is 282 g/mol. The number of hydrogen-bond donors (Lipinski definition) is 0. The normalized spacial score (nSPS) is 10.6. The molecule has 0 heterocycles. The van der Waals surface area contributed by atoms with Gasteiger partial charge >= 0.3 is 12.6 Å². The van der Waals surface area contributed by atoms with Gasteiger partial charge in [-0.25, -0.2) is 4.39 Å². The summed E-state index contributed by atoms with van der Waals surface area (Å²) < 4.78 is 46.1. The minimum Gasteiger partial charge on any atom is -0.466 e. The number of rotatable bonds is 5. The molecule has 0 aromatic heterocycles. The molecule has 0 aliphatic heterocycles. The summed E-state index contributed by atoms with van der Waals surface area (Å²) in [6, 6.07) is 1.77. The molecule has 0 fully saturated rings. The van der Waals surface area contributed by atoms with Crippen molar-refractivity contribution in [3.8, 4) is 5.75 Å². The van der Waals surface area contributed by atoms with Crippen molar-refractivity contribution >= 4 is 17.6 Å². The summed E-state index contributed by atoms with van der Waals surface area (Å²) >= 11 is 5.51. The van der Waals surface area contributed by atoms with E-state index in [1.54, 1.807) is 6.92 Å². The molecule has 100 valence electrons. The van der Waals surface area contributed by atoms with Crippen LogP contribution in [0.2, 0.25) is 5.02 Å². The Bertz CT molecular complexity index is 438. The van der Waals surface area contributed by atoms with Gasteiger partial charge in [-0.05, 0) is 13.0 Å². The van der Waals surface area contributed by atoms with Gasteiger partial charge < -0.3 is 9.47 Å². The van der Waals surface area contributed by atoms with Gasteiger partial charge in [0, 0.05) is 11.6 Å².